The van der Waals surface area contributed by atoms with Crippen molar-refractivity contribution in [1.29, 1.82) is 0 Å². The van der Waals surface area contributed by atoms with E-state index in [-0.39, 0.29) is 5.91 Å². The molecule has 0 bridgehead atoms. The lowest BCUT2D eigenvalue weighted by Crippen LogP contribution is -2.22. The number of alkyl halides is 3. The summed E-state index contributed by atoms with van der Waals surface area (Å²) < 4.78 is 42.4. The number of amides is 1. The van der Waals surface area contributed by atoms with E-state index in [1.54, 1.807) is 26.6 Å². The number of nitrogens with one attached hydrogen (secondary N) is 3. The summed E-state index contributed by atoms with van der Waals surface area (Å²) in [7, 11) is 3.21. The maximum atomic E-state index is 12.7. The van der Waals surface area contributed by atoms with Crippen LogP contribution in [-0.2, 0) is 11.3 Å². The largest absolute Gasteiger partial charge is 0.497 e. The summed E-state index contributed by atoms with van der Waals surface area (Å²) in [5, 5.41) is 17.7. The topological polar surface area (TPSA) is 129 Å². The van der Waals surface area contributed by atoms with Crippen LogP contribution in [0.15, 0.2) is 55.0 Å². The summed E-state index contributed by atoms with van der Waals surface area (Å²) >= 11 is 0. The molecule has 0 atom stereocenters. The molecule has 35 heavy (non-hydrogen) atoms. The van der Waals surface area contributed by atoms with E-state index in [0.717, 1.165) is 27.6 Å². The Kier molecular flexibility index (Phi) is 7.64. The third-order valence-corrected chi connectivity index (χ3v) is 4.93. The van der Waals surface area contributed by atoms with Crippen LogP contribution in [0, 0.1) is 0 Å². The number of aromatic nitrogens is 3. The number of nitrogens with zero attached hydrogens (tertiary/aromatic N) is 1. The Bertz CT molecular complexity index is 1320. The Morgan fingerprint density at radius 3 is 2.40 bits per heavy atom. The van der Waals surface area contributed by atoms with Gasteiger partial charge in [-0.05, 0) is 29.8 Å². The number of carboxylic acids is 1. The smallest absolute Gasteiger partial charge is 0.490 e. The van der Waals surface area contributed by atoms with E-state index in [2.05, 4.69) is 20.5 Å². The van der Waals surface area contributed by atoms with Gasteiger partial charge in [0.15, 0.2) is 0 Å². The molecule has 0 fully saturated rings. The zero-order chi connectivity index (χ0) is 25.6. The van der Waals surface area contributed by atoms with Crippen LogP contribution in [0.5, 0.6) is 11.5 Å². The SMILES string of the molecule is COc1ccc(OC)c(CNC(=O)c2c[nH]c3cc(-c4cn[nH]c4)ccc23)c1.O=C(O)C(F)(F)F. The molecule has 0 aliphatic heterocycles. The minimum absolute atomic E-state index is 0.160. The second-order valence-electron chi connectivity index (χ2n) is 7.11. The number of carboxylic acid groups (broad SMARTS) is 1. The van der Waals surface area contributed by atoms with Gasteiger partial charge in [-0.1, -0.05) is 12.1 Å². The van der Waals surface area contributed by atoms with Gasteiger partial charge in [0.1, 0.15) is 11.5 Å². The maximum Gasteiger partial charge on any atom is 0.490 e. The fraction of sp³-hybridized carbons (Fsp3) is 0.174. The van der Waals surface area contributed by atoms with Crippen molar-refractivity contribution in [2.24, 2.45) is 0 Å². The van der Waals surface area contributed by atoms with Gasteiger partial charge in [0.25, 0.3) is 5.91 Å². The third-order valence-electron chi connectivity index (χ3n) is 4.93. The first-order chi connectivity index (χ1) is 16.6. The standard InChI is InChI=1S/C21H20N4O3.C2HF3O2/c1-27-16-4-6-20(28-2)14(7-16)9-23-21(26)18-12-22-19-8-13(3-5-17(18)19)15-10-24-25-11-15;3-2(4,5)1(6)7/h3-8,10-12,22H,9H2,1-2H3,(H,23,26)(H,24,25);(H,6,7). The first-order valence-electron chi connectivity index (χ1n) is 10.0. The van der Waals surface area contributed by atoms with E-state index in [0.29, 0.717) is 23.6 Å². The van der Waals surface area contributed by atoms with Crippen molar-refractivity contribution in [2.45, 2.75) is 12.7 Å². The molecule has 0 saturated carbocycles. The Labute approximate surface area is 196 Å². The number of hydrogen-bond acceptors (Lipinski definition) is 5. The van der Waals surface area contributed by atoms with Crippen molar-refractivity contribution in [3.05, 3.63) is 66.1 Å². The molecule has 2 aromatic carbocycles. The molecule has 9 nitrogen and oxygen atoms in total. The molecule has 0 aliphatic rings. The lowest BCUT2D eigenvalue weighted by molar-refractivity contribution is -0.192. The minimum Gasteiger partial charge on any atom is -0.497 e. The third kappa shape index (κ3) is 6.10. The van der Waals surface area contributed by atoms with Crippen LogP contribution in [-0.4, -0.2) is 52.6 Å². The zero-order valence-electron chi connectivity index (χ0n) is 18.6. The fourth-order valence-corrected chi connectivity index (χ4v) is 3.19. The molecule has 0 spiro atoms. The number of aliphatic carboxylic acids is 1. The van der Waals surface area contributed by atoms with Gasteiger partial charge in [0, 0.05) is 41.0 Å². The number of methoxy groups -OCH3 is 2. The number of H-pyrrole nitrogens is 2. The number of benzene rings is 2. The molecule has 4 rings (SSSR count). The van der Waals surface area contributed by atoms with Crippen molar-refractivity contribution in [3.8, 4) is 22.6 Å². The van der Waals surface area contributed by atoms with E-state index in [4.69, 9.17) is 19.4 Å². The Hall–Kier alpha value is -4.48. The first-order valence-corrected chi connectivity index (χ1v) is 10.0. The molecule has 12 heteroatoms. The van der Waals surface area contributed by atoms with Crippen LogP contribution in [0.2, 0.25) is 0 Å². The predicted molar refractivity (Wildman–Crippen MR) is 120 cm³/mol. The van der Waals surface area contributed by atoms with E-state index >= 15 is 0 Å². The lowest BCUT2D eigenvalue weighted by Gasteiger charge is -2.11. The Morgan fingerprint density at radius 2 is 1.80 bits per heavy atom. The van der Waals surface area contributed by atoms with Crippen molar-refractivity contribution in [1.82, 2.24) is 20.5 Å². The molecule has 2 heterocycles. The monoisotopic (exact) mass is 490 g/mol. The van der Waals surface area contributed by atoms with E-state index in [1.807, 2.05) is 42.6 Å². The van der Waals surface area contributed by atoms with Gasteiger partial charge in [-0.2, -0.15) is 18.3 Å². The summed E-state index contributed by atoms with van der Waals surface area (Å²) in [5.74, 6) is -1.51. The number of hydrogen-bond donors (Lipinski definition) is 4. The van der Waals surface area contributed by atoms with Gasteiger partial charge in [0.05, 0.1) is 26.0 Å². The van der Waals surface area contributed by atoms with Gasteiger partial charge >= 0.3 is 12.1 Å². The number of rotatable bonds is 6. The van der Waals surface area contributed by atoms with Crippen LogP contribution < -0.4 is 14.8 Å². The van der Waals surface area contributed by atoms with Gasteiger partial charge in [-0.15, -0.1) is 0 Å². The second kappa shape index (κ2) is 10.6. The molecule has 1 amide bonds. The van der Waals surface area contributed by atoms with Crippen LogP contribution in [0.4, 0.5) is 13.2 Å². The zero-order valence-corrected chi connectivity index (χ0v) is 18.6. The highest BCUT2D eigenvalue weighted by Crippen LogP contribution is 2.26. The molecule has 4 aromatic rings. The molecule has 2 aromatic heterocycles. The summed E-state index contributed by atoms with van der Waals surface area (Å²) in [6, 6.07) is 11.4. The summed E-state index contributed by atoms with van der Waals surface area (Å²) in [6.07, 6.45) is 0.237. The van der Waals surface area contributed by atoms with Crippen molar-refractivity contribution in [3.63, 3.8) is 0 Å². The highest BCUT2D eigenvalue weighted by atomic mass is 19.4. The molecule has 0 aliphatic carbocycles. The summed E-state index contributed by atoms with van der Waals surface area (Å²) in [4.78, 5) is 24.8. The number of halogens is 3. The molecule has 184 valence electrons. The van der Waals surface area contributed by atoms with Crippen LogP contribution in [0.3, 0.4) is 0 Å². The predicted octanol–water partition coefficient (Wildman–Crippen LogP) is 4.14. The highest BCUT2D eigenvalue weighted by molar-refractivity contribution is 6.07. The van der Waals surface area contributed by atoms with Crippen molar-refractivity contribution < 1.29 is 37.3 Å². The Balaban J connectivity index is 0.000000429. The molecule has 4 N–H and O–H groups in total. The number of ether oxygens (including phenoxy) is 2. The number of fused-ring (bicyclic) bond motifs is 1. The van der Waals surface area contributed by atoms with E-state index in [9.17, 15) is 18.0 Å². The maximum absolute atomic E-state index is 12.7. The molecular formula is C23H21F3N4O5. The minimum atomic E-state index is -5.08. The lowest BCUT2D eigenvalue weighted by atomic mass is 10.1. The average Bonchev–Trinajstić information content (AvgIpc) is 3.52. The fourth-order valence-electron chi connectivity index (χ4n) is 3.19. The van der Waals surface area contributed by atoms with Gasteiger partial charge in [0.2, 0.25) is 0 Å². The summed E-state index contributed by atoms with van der Waals surface area (Å²) in [6.45, 7) is 0.332. The first kappa shape index (κ1) is 25.1. The molecular weight excluding hydrogens is 469 g/mol. The molecule has 0 radical (unpaired) electrons. The van der Waals surface area contributed by atoms with E-state index in [1.165, 1.54) is 0 Å². The van der Waals surface area contributed by atoms with Crippen LogP contribution in [0.25, 0.3) is 22.0 Å². The van der Waals surface area contributed by atoms with Crippen molar-refractivity contribution in [2.75, 3.05) is 14.2 Å². The summed E-state index contributed by atoms with van der Waals surface area (Å²) in [5.41, 5.74) is 4.35. The average molecular weight is 490 g/mol. The Morgan fingerprint density at radius 1 is 1.06 bits per heavy atom. The molecule has 0 saturated heterocycles. The van der Waals surface area contributed by atoms with Crippen molar-refractivity contribution >= 4 is 22.8 Å². The highest BCUT2D eigenvalue weighted by Gasteiger charge is 2.38. The van der Waals surface area contributed by atoms with Gasteiger partial charge < -0.3 is 24.9 Å². The number of carbonyl (C=O) groups is 2. The number of carbonyl (C=O) groups excluding carboxylic acids is 1. The van der Waals surface area contributed by atoms with Gasteiger partial charge in [-0.3, -0.25) is 9.89 Å². The second-order valence-corrected chi connectivity index (χ2v) is 7.11. The molecule has 0 unspecified atom stereocenters. The van der Waals surface area contributed by atoms with Crippen LogP contribution >= 0.6 is 0 Å². The van der Waals surface area contributed by atoms with Gasteiger partial charge in [-0.25, -0.2) is 4.79 Å². The quantitative estimate of drug-likeness (QED) is 0.322. The number of aromatic amines is 2. The van der Waals surface area contributed by atoms with E-state index < -0.39 is 12.1 Å². The normalized spacial score (nSPS) is 10.9. The van der Waals surface area contributed by atoms with Crippen LogP contribution in [0.1, 0.15) is 15.9 Å².